The first-order valence-corrected chi connectivity index (χ1v) is 9.00. The Hall–Kier alpha value is -2.63. The van der Waals surface area contributed by atoms with Crippen molar-refractivity contribution in [1.29, 1.82) is 0 Å². The molecule has 1 amide bonds. The van der Waals surface area contributed by atoms with Gasteiger partial charge in [-0.2, -0.15) is 5.10 Å². The number of likely N-dealkylation sites (N-methyl/N-ethyl adjacent to an activating group) is 1. The molecule has 1 aliphatic carbocycles. The predicted molar refractivity (Wildman–Crippen MR) is 98.6 cm³/mol. The van der Waals surface area contributed by atoms with E-state index in [1.165, 1.54) is 4.90 Å². The highest BCUT2D eigenvalue weighted by Gasteiger charge is 2.46. The number of aliphatic carboxylic acids is 1. The van der Waals surface area contributed by atoms with E-state index in [2.05, 4.69) is 5.10 Å². The van der Waals surface area contributed by atoms with Crippen molar-refractivity contribution in [2.24, 2.45) is 0 Å². The predicted octanol–water partition coefficient (Wildman–Crippen LogP) is 3.35. The minimum absolute atomic E-state index is 0.275. The lowest BCUT2D eigenvalue weighted by atomic mass is 9.80. The molecule has 1 heterocycles. The van der Waals surface area contributed by atoms with Gasteiger partial charge in [0.15, 0.2) is 5.69 Å². The lowest BCUT2D eigenvalue weighted by Gasteiger charge is -2.40. The Balaban J connectivity index is 1.91. The van der Waals surface area contributed by atoms with E-state index in [1.54, 1.807) is 17.8 Å². The van der Waals surface area contributed by atoms with Crippen molar-refractivity contribution in [3.05, 3.63) is 47.3 Å². The summed E-state index contributed by atoms with van der Waals surface area (Å²) >= 11 is 0. The average Bonchev–Trinajstić information content (AvgIpc) is 3.03. The van der Waals surface area contributed by atoms with Gasteiger partial charge in [0.2, 0.25) is 0 Å². The van der Waals surface area contributed by atoms with Crippen LogP contribution in [0.15, 0.2) is 30.3 Å². The Morgan fingerprint density at radius 1 is 1.12 bits per heavy atom. The topological polar surface area (TPSA) is 75.4 Å². The smallest absolute Gasteiger partial charge is 0.329 e. The van der Waals surface area contributed by atoms with Gasteiger partial charge in [0, 0.05) is 12.7 Å². The highest BCUT2D eigenvalue weighted by atomic mass is 16.4. The molecule has 0 radical (unpaired) electrons. The van der Waals surface area contributed by atoms with Crippen LogP contribution in [0.4, 0.5) is 0 Å². The molecule has 0 spiro atoms. The molecule has 6 nitrogen and oxygen atoms in total. The lowest BCUT2D eigenvalue weighted by Crippen LogP contribution is -2.56. The third-order valence-corrected chi connectivity index (χ3v) is 5.41. The maximum Gasteiger partial charge on any atom is 0.329 e. The normalized spacial score (nSPS) is 16.3. The second-order valence-electron chi connectivity index (χ2n) is 7.18. The van der Waals surface area contributed by atoms with Crippen molar-refractivity contribution < 1.29 is 14.7 Å². The maximum atomic E-state index is 13.0. The number of hydrogen-bond donors (Lipinski definition) is 1. The molecule has 26 heavy (non-hydrogen) atoms. The third kappa shape index (κ3) is 3.11. The van der Waals surface area contributed by atoms with E-state index in [0.29, 0.717) is 12.8 Å². The monoisotopic (exact) mass is 355 g/mol. The molecule has 0 bridgehead atoms. The van der Waals surface area contributed by atoms with Crippen molar-refractivity contribution in [2.45, 2.75) is 51.5 Å². The number of carbonyl (C=O) groups is 2. The molecule has 0 aliphatic heterocycles. The Morgan fingerprint density at radius 2 is 1.73 bits per heavy atom. The van der Waals surface area contributed by atoms with Gasteiger partial charge < -0.3 is 10.0 Å². The first kappa shape index (κ1) is 18.2. The van der Waals surface area contributed by atoms with Crippen molar-refractivity contribution in [3.63, 3.8) is 0 Å². The third-order valence-electron chi connectivity index (χ3n) is 5.41. The van der Waals surface area contributed by atoms with E-state index in [1.807, 2.05) is 38.1 Å². The van der Waals surface area contributed by atoms with Gasteiger partial charge in [-0.1, -0.05) is 37.0 Å². The van der Waals surface area contributed by atoms with E-state index in [4.69, 9.17) is 0 Å². The molecule has 1 fully saturated rings. The van der Waals surface area contributed by atoms with E-state index in [0.717, 1.165) is 36.2 Å². The lowest BCUT2D eigenvalue weighted by molar-refractivity contribution is -0.151. The van der Waals surface area contributed by atoms with E-state index in [9.17, 15) is 14.7 Å². The molecule has 0 saturated heterocycles. The molecule has 1 aromatic heterocycles. The highest BCUT2D eigenvalue weighted by Crippen LogP contribution is 2.34. The summed E-state index contributed by atoms with van der Waals surface area (Å²) in [7, 11) is 1.59. The van der Waals surface area contributed by atoms with E-state index < -0.39 is 11.5 Å². The van der Waals surface area contributed by atoms with Crippen LogP contribution in [0.25, 0.3) is 5.69 Å². The Labute approximate surface area is 153 Å². The summed E-state index contributed by atoms with van der Waals surface area (Å²) in [4.78, 5) is 26.3. The van der Waals surface area contributed by atoms with Gasteiger partial charge in [0.05, 0.1) is 5.69 Å². The van der Waals surface area contributed by atoms with Crippen molar-refractivity contribution in [3.8, 4) is 5.69 Å². The molecule has 6 heteroatoms. The SMILES string of the molecule is Cc1ccc(-n2nc(C(=O)N(C)C3(C(=O)O)CCCCC3)cc2C)cc1. The Kier molecular flexibility index (Phi) is 4.85. The Bertz CT molecular complexity index is 817. The zero-order valence-corrected chi connectivity index (χ0v) is 15.5. The van der Waals surface area contributed by atoms with Gasteiger partial charge in [-0.15, -0.1) is 0 Å². The molecule has 138 valence electrons. The minimum Gasteiger partial charge on any atom is -0.479 e. The molecule has 0 atom stereocenters. The molecule has 1 N–H and O–H groups in total. The fourth-order valence-corrected chi connectivity index (χ4v) is 3.72. The minimum atomic E-state index is -1.13. The van der Waals surface area contributed by atoms with Crippen LogP contribution in [0.5, 0.6) is 0 Å². The second-order valence-corrected chi connectivity index (χ2v) is 7.18. The van der Waals surface area contributed by atoms with Gasteiger partial charge in [-0.05, 0) is 44.9 Å². The zero-order chi connectivity index (χ0) is 18.9. The number of aryl methyl sites for hydroxylation is 2. The standard InChI is InChI=1S/C20H25N3O3/c1-14-7-9-16(10-8-14)23-15(2)13-17(21-23)18(24)22(3)20(19(25)26)11-5-4-6-12-20/h7-10,13H,4-6,11-12H2,1-3H3,(H,25,26). The van der Waals surface area contributed by atoms with E-state index in [-0.39, 0.29) is 11.6 Å². The quantitative estimate of drug-likeness (QED) is 0.912. The number of nitrogens with zero attached hydrogens (tertiary/aromatic N) is 3. The van der Waals surface area contributed by atoms with Gasteiger partial charge >= 0.3 is 5.97 Å². The largest absolute Gasteiger partial charge is 0.479 e. The number of amides is 1. The van der Waals surface area contributed by atoms with Gasteiger partial charge in [-0.3, -0.25) is 4.79 Å². The molecular weight excluding hydrogens is 330 g/mol. The van der Waals surface area contributed by atoms with Crippen LogP contribution in [0.2, 0.25) is 0 Å². The fraction of sp³-hybridized carbons (Fsp3) is 0.450. The number of hydrogen-bond acceptors (Lipinski definition) is 3. The molecule has 1 aromatic carbocycles. The summed E-state index contributed by atoms with van der Waals surface area (Å²) < 4.78 is 1.72. The first-order chi connectivity index (χ1) is 12.3. The van der Waals surface area contributed by atoms with Gasteiger partial charge in [0.1, 0.15) is 5.54 Å². The van der Waals surface area contributed by atoms with Crippen LogP contribution in [0.3, 0.4) is 0 Å². The second kappa shape index (κ2) is 6.94. The number of carboxylic acids is 1. The summed E-state index contributed by atoms with van der Waals surface area (Å²) in [6, 6.07) is 9.61. The molecule has 3 rings (SSSR count). The van der Waals surface area contributed by atoms with Crippen molar-refractivity contribution in [1.82, 2.24) is 14.7 Å². The summed E-state index contributed by atoms with van der Waals surface area (Å²) in [6.45, 7) is 3.90. The van der Waals surface area contributed by atoms with Crippen LogP contribution in [-0.2, 0) is 4.79 Å². The number of rotatable bonds is 4. The summed E-state index contributed by atoms with van der Waals surface area (Å²) in [5.41, 5.74) is 2.00. The van der Waals surface area contributed by atoms with E-state index >= 15 is 0 Å². The van der Waals surface area contributed by atoms with Crippen LogP contribution in [-0.4, -0.2) is 44.3 Å². The molecule has 2 aromatic rings. The molecule has 1 saturated carbocycles. The molecule has 0 unspecified atom stereocenters. The van der Waals surface area contributed by atoms with Crippen LogP contribution >= 0.6 is 0 Å². The first-order valence-electron chi connectivity index (χ1n) is 9.00. The average molecular weight is 355 g/mol. The van der Waals surface area contributed by atoms with Crippen LogP contribution < -0.4 is 0 Å². The zero-order valence-electron chi connectivity index (χ0n) is 15.5. The van der Waals surface area contributed by atoms with Gasteiger partial charge in [-0.25, -0.2) is 9.48 Å². The fourth-order valence-electron chi connectivity index (χ4n) is 3.72. The maximum absolute atomic E-state index is 13.0. The number of carboxylic acid groups (broad SMARTS) is 1. The summed E-state index contributed by atoms with van der Waals surface area (Å²) in [5.74, 6) is -1.27. The number of aromatic nitrogens is 2. The number of benzene rings is 1. The number of carbonyl (C=O) groups excluding carboxylic acids is 1. The summed E-state index contributed by atoms with van der Waals surface area (Å²) in [5, 5.41) is 14.2. The highest BCUT2D eigenvalue weighted by molar-refractivity contribution is 5.96. The summed E-state index contributed by atoms with van der Waals surface area (Å²) in [6.07, 6.45) is 3.63. The van der Waals surface area contributed by atoms with Crippen molar-refractivity contribution in [2.75, 3.05) is 7.05 Å². The van der Waals surface area contributed by atoms with Gasteiger partial charge in [0.25, 0.3) is 5.91 Å². The van der Waals surface area contributed by atoms with Crippen LogP contribution in [0, 0.1) is 13.8 Å². The van der Waals surface area contributed by atoms with Crippen molar-refractivity contribution >= 4 is 11.9 Å². The molecular formula is C20H25N3O3. The molecule has 1 aliphatic rings. The Morgan fingerprint density at radius 3 is 2.31 bits per heavy atom. The van der Waals surface area contributed by atoms with Crippen LogP contribution in [0.1, 0.15) is 53.8 Å².